The fourth-order valence-corrected chi connectivity index (χ4v) is 2.24. The number of rotatable bonds is 3. The molecule has 1 aliphatic rings. The Bertz CT molecular complexity index is 496. The summed E-state index contributed by atoms with van der Waals surface area (Å²) in [7, 11) is 0. The molecule has 90 valence electrons. The summed E-state index contributed by atoms with van der Waals surface area (Å²) in [6.45, 7) is 0. The summed E-state index contributed by atoms with van der Waals surface area (Å²) in [6, 6.07) is 3.41. The molecule has 1 aliphatic carbocycles. The van der Waals surface area contributed by atoms with E-state index in [4.69, 9.17) is 0 Å². The summed E-state index contributed by atoms with van der Waals surface area (Å²) in [4.78, 5) is 21.3. The Balaban J connectivity index is 2.65. The second-order valence-electron chi connectivity index (χ2n) is 4.13. The SMILES string of the molecule is O=C(O)C1(c2c(F)cccc2[N+](=O)[O-])CCC1. The minimum Gasteiger partial charge on any atom is -0.481 e. The molecule has 5 nitrogen and oxygen atoms in total. The van der Waals surface area contributed by atoms with Crippen LogP contribution in [0.15, 0.2) is 18.2 Å². The predicted octanol–water partition coefficient (Wildman–Crippen LogP) is 2.24. The lowest BCUT2D eigenvalue weighted by atomic mass is 9.64. The number of hydrogen-bond donors (Lipinski definition) is 1. The van der Waals surface area contributed by atoms with Gasteiger partial charge in [-0.15, -0.1) is 0 Å². The third kappa shape index (κ3) is 1.56. The van der Waals surface area contributed by atoms with E-state index >= 15 is 0 Å². The molecule has 0 bridgehead atoms. The lowest BCUT2D eigenvalue weighted by Gasteiger charge is -2.37. The fraction of sp³-hybridized carbons (Fsp3) is 0.364. The van der Waals surface area contributed by atoms with Crippen LogP contribution in [0.5, 0.6) is 0 Å². The lowest BCUT2D eigenvalue weighted by molar-refractivity contribution is -0.386. The standard InChI is InChI=1S/C11H10FNO4/c12-7-3-1-4-8(13(16)17)9(7)11(10(14)15)5-2-6-11/h1,3-4H,2,5-6H2,(H,14,15). The molecule has 0 atom stereocenters. The highest BCUT2D eigenvalue weighted by Crippen LogP contribution is 2.48. The molecule has 0 amide bonds. The Morgan fingerprint density at radius 2 is 2.12 bits per heavy atom. The van der Waals surface area contributed by atoms with Gasteiger partial charge in [0.25, 0.3) is 5.69 Å². The first-order valence-electron chi connectivity index (χ1n) is 5.16. The minimum atomic E-state index is -1.42. The Morgan fingerprint density at radius 1 is 1.47 bits per heavy atom. The number of carboxylic acid groups (broad SMARTS) is 1. The van der Waals surface area contributed by atoms with Gasteiger partial charge in [-0.25, -0.2) is 4.39 Å². The minimum absolute atomic E-state index is 0.240. The van der Waals surface area contributed by atoms with E-state index in [-0.39, 0.29) is 18.4 Å². The zero-order valence-electron chi connectivity index (χ0n) is 8.85. The summed E-state index contributed by atoms with van der Waals surface area (Å²) in [6.07, 6.45) is 1.12. The van der Waals surface area contributed by atoms with Crippen molar-refractivity contribution in [2.24, 2.45) is 0 Å². The number of nitro groups is 1. The van der Waals surface area contributed by atoms with Crippen LogP contribution in [-0.4, -0.2) is 16.0 Å². The van der Waals surface area contributed by atoms with Gasteiger partial charge in [-0.1, -0.05) is 12.5 Å². The maximum absolute atomic E-state index is 13.7. The van der Waals surface area contributed by atoms with Crippen molar-refractivity contribution in [2.45, 2.75) is 24.7 Å². The van der Waals surface area contributed by atoms with Gasteiger partial charge in [0.2, 0.25) is 0 Å². The second-order valence-corrected chi connectivity index (χ2v) is 4.13. The Morgan fingerprint density at radius 3 is 2.53 bits per heavy atom. The van der Waals surface area contributed by atoms with E-state index in [2.05, 4.69) is 0 Å². The maximum Gasteiger partial charge on any atom is 0.314 e. The molecule has 6 heteroatoms. The number of benzene rings is 1. The van der Waals surface area contributed by atoms with Crippen molar-refractivity contribution in [2.75, 3.05) is 0 Å². The van der Waals surface area contributed by atoms with E-state index < -0.39 is 27.8 Å². The van der Waals surface area contributed by atoms with Gasteiger partial charge in [-0.3, -0.25) is 14.9 Å². The topological polar surface area (TPSA) is 80.4 Å². The van der Waals surface area contributed by atoms with Crippen molar-refractivity contribution in [1.82, 2.24) is 0 Å². The van der Waals surface area contributed by atoms with Gasteiger partial charge in [-0.05, 0) is 18.9 Å². The van der Waals surface area contributed by atoms with E-state index in [1.54, 1.807) is 0 Å². The van der Waals surface area contributed by atoms with Crippen LogP contribution in [0.3, 0.4) is 0 Å². The monoisotopic (exact) mass is 239 g/mol. The Kier molecular flexibility index (Phi) is 2.57. The van der Waals surface area contributed by atoms with Crippen LogP contribution < -0.4 is 0 Å². The van der Waals surface area contributed by atoms with Crippen LogP contribution in [0.25, 0.3) is 0 Å². The molecule has 0 unspecified atom stereocenters. The highest BCUT2D eigenvalue weighted by atomic mass is 19.1. The summed E-state index contributed by atoms with van der Waals surface area (Å²) in [5.74, 6) is -2.02. The highest BCUT2D eigenvalue weighted by molar-refractivity contribution is 5.84. The molecule has 0 radical (unpaired) electrons. The van der Waals surface area contributed by atoms with E-state index in [0.717, 1.165) is 12.1 Å². The van der Waals surface area contributed by atoms with Gasteiger partial charge in [0, 0.05) is 6.07 Å². The first-order chi connectivity index (χ1) is 7.99. The smallest absolute Gasteiger partial charge is 0.314 e. The van der Waals surface area contributed by atoms with Gasteiger partial charge in [0.15, 0.2) is 0 Å². The third-order valence-electron chi connectivity index (χ3n) is 3.28. The number of halogens is 1. The average Bonchev–Trinajstić information content (AvgIpc) is 2.17. The molecule has 0 heterocycles. The van der Waals surface area contributed by atoms with Crippen molar-refractivity contribution in [3.63, 3.8) is 0 Å². The molecule has 1 N–H and O–H groups in total. The third-order valence-corrected chi connectivity index (χ3v) is 3.28. The Labute approximate surface area is 96.0 Å². The molecule has 17 heavy (non-hydrogen) atoms. The zero-order valence-corrected chi connectivity index (χ0v) is 8.85. The van der Waals surface area contributed by atoms with Crippen molar-refractivity contribution in [3.8, 4) is 0 Å². The second kappa shape index (κ2) is 3.80. The van der Waals surface area contributed by atoms with Crippen LogP contribution in [0.4, 0.5) is 10.1 Å². The molecular formula is C11H10FNO4. The molecule has 0 saturated heterocycles. The molecule has 0 aliphatic heterocycles. The summed E-state index contributed by atoms with van der Waals surface area (Å²) < 4.78 is 13.7. The number of carbonyl (C=O) groups is 1. The van der Waals surface area contributed by atoms with E-state index in [0.29, 0.717) is 6.42 Å². The normalized spacial score (nSPS) is 17.2. The lowest BCUT2D eigenvalue weighted by Crippen LogP contribution is -2.43. The molecule has 0 aromatic heterocycles. The number of hydrogen-bond acceptors (Lipinski definition) is 3. The van der Waals surface area contributed by atoms with Gasteiger partial charge in [-0.2, -0.15) is 0 Å². The summed E-state index contributed by atoms with van der Waals surface area (Å²) in [5, 5.41) is 20.0. The largest absolute Gasteiger partial charge is 0.481 e. The molecular weight excluding hydrogens is 229 g/mol. The molecule has 1 aromatic rings. The molecule has 1 saturated carbocycles. The van der Waals surface area contributed by atoms with Crippen LogP contribution in [0.1, 0.15) is 24.8 Å². The summed E-state index contributed by atoms with van der Waals surface area (Å²) >= 11 is 0. The van der Waals surface area contributed by atoms with Gasteiger partial charge < -0.3 is 5.11 Å². The van der Waals surface area contributed by atoms with Crippen molar-refractivity contribution < 1.29 is 19.2 Å². The summed E-state index contributed by atoms with van der Waals surface area (Å²) in [5.41, 5.74) is -2.16. The maximum atomic E-state index is 13.7. The number of carboxylic acids is 1. The van der Waals surface area contributed by atoms with Crippen LogP contribution >= 0.6 is 0 Å². The average molecular weight is 239 g/mol. The van der Waals surface area contributed by atoms with Gasteiger partial charge in [0.05, 0.1) is 10.5 Å². The highest BCUT2D eigenvalue weighted by Gasteiger charge is 2.51. The first-order valence-corrected chi connectivity index (χ1v) is 5.16. The molecule has 2 rings (SSSR count). The van der Waals surface area contributed by atoms with Crippen molar-refractivity contribution in [3.05, 3.63) is 39.7 Å². The van der Waals surface area contributed by atoms with Crippen molar-refractivity contribution >= 4 is 11.7 Å². The van der Waals surface area contributed by atoms with Crippen LogP contribution in [0.2, 0.25) is 0 Å². The molecule has 0 spiro atoms. The zero-order chi connectivity index (χ0) is 12.6. The van der Waals surface area contributed by atoms with Crippen molar-refractivity contribution in [1.29, 1.82) is 0 Å². The molecule has 1 fully saturated rings. The van der Waals surface area contributed by atoms with E-state index in [1.807, 2.05) is 0 Å². The first kappa shape index (κ1) is 11.5. The van der Waals surface area contributed by atoms with Gasteiger partial charge >= 0.3 is 5.97 Å². The molecule has 1 aromatic carbocycles. The quantitative estimate of drug-likeness (QED) is 0.647. The van der Waals surface area contributed by atoms with E-state index in [1.165, 1.54) is 6.07 Å². The number of nitrogens with zero attached hydrogens (tertiary/aromatic N) is 1. The van der Waals surface area contributed by atoms with E-state index in [9.17, 15) is 24.4 Å². The van der Waals surface area contributed by atoms with Crippen LogP contribution in [-0.2, 0) is 10.2 Å². The number of aliphatic carboxylic acids is 1. The predicted molar refractivity (Wildman–Crippen MR) is 56.2 cm³/mol. The Hall–Kier alpha value is -1.98. The fourth-order valence-electron chi connectivity index (χ4n) is 2.24. The van der Waals surface area contributed by atoms with Crippen LogP contribution in [0, 0.1) is 15.9 Å². The van der Waals surface area contributed by atoms with Gasteiger partial charge in [0.1, 0.15) is 11.2 Å². The number of nitro benzene ring substituents is 1.